The third kappa shape index (κ3) is 1.33. The van der Waals surface area contributed by atoms with Crippen molar-refractivity contribution in [2.24, 2.45) is 0 Å². The normalized spacial score (nSPS) is 20.8. The highest BCUT2D eigenvalue weighted by molar-refractivity contribution is 5.91. The molecule has 14 heavy (non-hydrogen) atoms. The zero-order valence-corrected chi connectivity index (χ0v) is 7.81. The molecule has 1 atom stereocenters. The van der Waals surface area contributed by atoms with Gasteiger partial charge in [-0.25, -0.2) is 8.78 Å². The predicted octanol–water partition coefficient (Wildman–Crippen LogP) is 2.72. The van der Waals surface area contributed by atoms with Gasteiger partial charge in [0.15, 0.2) is 0 Å². The van der Waals surface area contributed by atoms with E-state index in [-0.39, 0.29) is 17.3 Å². The lowest BCUT2D eigenvalue weighted by atomic mass is 9.78. The summed E-state index contributed by atoms with van der Waals surface area (Å²) in [6.45, 7) is 1.39. The van der Waals surface area contributed by atoms with Gasteiger partial charge in [0.1, 0.15) is 17.4 Å². The number of halogens is 2. The first-order chi connectivity index (χ1) is 6.59. The average Bonchev–Trinajstić information content (AvgIpc) is 2.11. The Morgan fingerprint density at radius 1 is 1.29 bits per heavy atom. The Morgan fingerprint density at radius 3 is 2.21 bits per heavy atom. The highest BCUT2D eigenvalue weighted by atomic mass is 19.1. The Kier molecular flexibility index (Phi) is 2.10. The van der Waals surface area contributed by atoms with Gasteiger partial charge in [-0.05, 0) is 31.0 Å². The molecule has 0 spiro atoms. The van der Waals surface area contributed by atoms with Crippen LogP contribution >= 0.6 is 0 Å². The summed E-state index contributed by atoms with van der Waals surface area (Å²) in [5.41, 5.74) is 0.488. The second-order valence-electron chi connectivity index (χ2n) is 3.67. The molecule has 0 radical (unpaired) electrons. The molecule has 0 aliphatic heterocycles. The zero-order chi connectivity index (χ0) is 10.3. The van der Waals surface area contributed by atoms with Crippen molar-refractivity contribution in [2.75, 3.05) is 0 Å². The number of hydrogen-bond donors (Lipinski definition) is 0. The molecule has 1 aromatic carbocycles. The van der Waals surface area contributed by atoms with E-state index >= 15 is 0 Å². The summed E-state index contributed by atoms with van der Waals surface area (Å²) in [6, 6.07) is 2.53. The highest BCUT2D eigenvalue weighted by Crippen LogP contribution is 2.34. The molecule has 0 amide bonds. The fourth-order valence-corrected chi connectivity index (χ4v) is 1.63. The minimum Gasteiger partial charge on any atom is -0.299 e. The van der Waals surface area contributed by atoms with Crippen LogP contribution < -0.4 is 0 Å². The maximum Gasteiger partial charge on any atom is 0.140 e. The van der Waals surface area contributed by atoms with Crippen LogP contribution in [0.15, 0.2) is 12.1 Å². The number of rotatable bonds is 1. The van der Waals surface area contributed by atoms with E-state index in [0.29, 0.717) is 18.4 Å². The molecule has 1 saturated carbocycles. The van der Waals surface area contributed by atoms with Gasteiger partial charge in [-0.3, -0.25) is 4.79 Å². The minimum absolute atomic E-state index is 0.0144. The summed E-state index contributed by atoms with van der Waals surface area (Å²) >= 11 is 0. The van der Waals surface area contributed by atoms with Gasteiger partial charge in [0.2, 0.25) is 0 Å². The standard InChI is InChI=1S/C11H10F2O/c1-6-9(12)4-7(5-10(6)13)8-2-3-11(8)14/h4-5,8H,2-3H2,1H3. The molecule has 0 saturated heterocycles. The first-order valence-corrected chi connectivity index (χ1v) is 4.58. The van der Waals surface area contributed by atoms with Crippen molar-refractivity contribution < 1.29 is 13.6 Å². The van der Waals surface area contributed by atoms with Crippen molar-refractivity contribution in [3.63, 3.8) is 0 Å². The smallest absolute Gasteiger partial charge is 0.140 e. The molecule has 0 N–H and O–H groups in total. The molecule has 0 bridgehead atoms. The van der Waals surface area contributed by atoms with Crippen LogP contribution in [-0.2, 0) is 4.79 Å². The number of hydrogen-bond acceptors (Lipinski definition) is 1. The Labute approximate surface area is 80.7 Å². The molecule has 74 valence electrons. The van der Waals surface area contributed by atoms with Gasteiger partial charge >= 0.3 is 0 Å². The van der Waals surface area contributed by atoms with Crippen LogP contribution in [0, 0.1) is 18.6 Å². The molecule has 1 fully saturated rings. The Bertz CT molecular complexity index is 375. The summed E-state index contributed by atoms with van der Waals surface area (Å²) in [5, 5.41) is 0. The molecule has 1 nitrogen and oxygen atoms in total. The molecule has 1 aliphatic carbocycles. The van der Waals surface area contributed by atoms with E-state index in [2.05, 4.69) is 0 Å². The topological polar surface area (TPSA) is 17.1 Å². The van der Waals surface area contributed by atoms with E-state index in [4.69, 9.17) is 0 Å². The SMILES string of the molecule is Cc1c(F)cc(C2CCC2=O)cc1F. The largest absolute Gasteiger partial charge is 0.299 e. The molecule has 1 aliphatic rings. The van der Waals surface area contributed by atoms with Gasteiger partial charge in [0.05, 0.1) is 0 Å². The Morgan fingerprint density at radius 2 is 1.86 bits per heavy atom. The van der Waals surface area contributed by atoms with Crippen molar-refractivity contribution >= 4 is 5.78 Å². The quantitative estimate of drug-likeness (QED) is 0.675. The maximum atomic E-state index is 13.1. The number of Topliss-reactive ketones (excluding diaryl/α,β-unsaturated/α-hetero) is 1. The summed E-state index contributed by atoms with van der Waals surface area (Å²) in [7, 11) is 0. The first kappa shape index (κ1) is 9.31. The van der Waals surface area contributed by atoms with E-state index in [1.54, 1.807) is 0 Å². The van der Waals surface area contributed by atoms with E-state index in [0.717, 1.165) is 0 Å². The third-order valence-corrected chi connectivity index (χ3v) is 2.77. The second kappa shape index (κ2) is 3.15. The lowest BCUT2D eigenvalue weighted by Gasteiger charge is -2.24. The van der Waals surface area contributed by atoms with Crippen LogP contribution in [0.3, 0.4) is 0 Å². The number of carbonyl (C=O) groups is 1. The molecular formula is C11H10F2O. The fourth-order valence-electron chi connectivity index (χ4n) is 1.63. The van der Waals surface area contributed by atoms with Crippen LogP contribution in [0.1, 0.15) is 29.9 Å². The Hall–Kier alpha value is -1.25. The molecule has 1 aromatic rings. The summed E-state index contributed by atoms with van der Waals surface area (Å²) in [4.78, 5) is 11.1. The minimum atomic E-state index is -0.570. The van der Waals surface area contributed by atoms with Crippen molar-refractivity contribution in [1.82, 2.24) is 0 Å². The summed E-state index contributed by atoms with van der Waals surface area (Å²) in [5.74, 6) is -1.34. The molecule has 3 heteroatoms. The van der Waals surface area contributed by atoms with Crippen molar-refractivity contribution in [2.45, 2.75) is 25.7 Å². The monoisotopic (exact) mass is 196 g/mol. The number of ketones is 1. The first-order valence-electron chi connectivity index (χ1n) is 4.58. The zero-order valence-electron chi connectivity index (χ0n) is 7.81. The number of carbonyl (C=O) groups excluding carboxylic acids is 1. The highest BCUT2D eigenvalue weighted by Gasteiger charge is 2.30. The third-order valence-electron chi connectivity index (χ3n) is 2.77. The summed E-state index contributed by atoms with van der Waals surface area (Å²) in [6.07, 6.45) is 1.24. The van der Waals surface area contributed by atoms with Crippen LogP contribution in [0.2, 0.25) is 0 Å². The molecule has 2 rings (SSSR count). The average molecular weight is 196 g/mol. The van der Waals surface area contributed by atoms with Gasteiger partial charge in [0, 0.05) is 17.9 Å². The van der Waals surface area contributed by atoms with Gasteiger partial charge in [0.25, 0.3) is 0 Å². The molecule has 0 heterocycles. The maximum absolute atomic E-state index is 13.1. The Balaban J connectivity index is 2.40. The van der Waals surface area contributed by atoms with Crippen molar-refractivity contribution in [3.8, 4) is 0 Å². The van der Waals surface area contributed by atoms with Gasteiger partial charge in [-0.1, -0.05) is 0 Å². The summed E-state index contributed by atoms with van der Waals surface area (Å²) < 4.78 is 26.3. The lowest BCUT2D eigenvalue weighted by molar-refractivity contribution is -0.125. The van der Waals surface area contributed by atoms with Crippen LogP contribution in [0.4, 0.5) is 8.78 Å². The van der Waals surface area contributed by atoms with Gasteiger partial charge < -0.3 is 0 Å². The van der Waals surface area contributed by atoms with Crippen molar-refractivity contribution in [1.29, 1.82) is 0 Å². The van der Waals surface area contributed by atoms with E-state index in [1.165, 1.54) is 19.1 Å². The van der Waals surface area contributed by atoms with Crippen LogP contribution in [-0.4, -0.2) is 5.78 Å². The fraction of sp³-hybridized carbons (Fsp3) is 0.364. The second-order valence-corrected chi connectivity index (χ2v) is 3.67. The number of benzene rings is 1. The van der Waals surface area contributed by atoms with Crippen LogP contribution in [0.25, 0.3) is 0 Å². The molecule has 1 unspecified atom stereocenters. The van der Waals surface area contributed by atoms with E-state index in [9.17, 15) is 13.6 Å². The van der Waals surface area contributed by atoms with E-state index < -0.39 is 11.6 Å². The molecule has 0 aromatic heterocycles. The van der Waals surface area contributed by atoms with Gasteiger partial charge in [-0.15, -0.1) is 0 Å². The lowest BCUT2D eigenvalue weighted by Crippen LogP contribution is -2.23. The van der Waals surface area contributed by atoms with Crippen molar-refractivity contribution in [3.05, 3.63) is 34.9 Å². The van der Waals surface area contributed by atoms with Crippen LogP contribution in [0.5, 0.6) is 0 Å². The molecular weight excluding hydrogens is 186 g/mol. The van der Waals surface area contributed by atoms with Gasteiger partial charge in [-0.2, -0.15) is 0 Å². The van der Waals surface area contributed by atoms with E-state index in [1.807, 2.05) is 0 Å². The predicted molar refractivity (Wildman–Crippen MR) is 48.1 cm³/mol.